The molecule has 116 valence electrons. The molecule has 0 aliphatic carbocycles. The van der Waals surface area contributed by atoms with Crippen LogP contribution in [0.2, 0.25) is 0 Å². The molecule has 0 aromatic heterocycles. The molecule has 6 heteroatoms. The Balaban J connectivity index is 2.12. The van der Waals surface area contributed by atoms with E-state index in [0.29, 0.717) is 0 Å². The van der Waals surface area contributed by atoms with Crippen molar-refractivity contribution < 1.29 is 18.7 Å². The third kappa shape index (κ3) is 3.32. The van der Waals surface area contributed by atoms with Crippen molar-refractivity contribution in [3.05, 3.63) is 35.9 Å². The maximum absolute atomic E-state index is 14.3. The number of amides is 1. The quantitative estimate of drug-likeness (QED) is 0.932. The first-order valence-electron chi connectivity index (χ1n) is 6.95. The first-order valence-corrected chi connectivity index (χ1v) is 6.95. The minimum absolute atomic E-state index is 0.132. The summed E-state index contributed by atoms with van der Waals surface area (Å²) in [5.74, 6) is -3.05. The average molecular weight is 298 g/mol. The van der Waals surface area contributed by atoms with Gasteiger partial charge in [0, 0.05) is 12.6 Å². The van der Waals surface area contributed by atoms with E-state index in [1.807, 2.05) is 37.3 Å². The Morgan fingerprint density at radius 3 is 2.57 bits per heavy atom. The zero-order chi connectivity index (χ0) is 15.6. The molecule has 0 saturated carbocycles. The van der Waals surface area contributed by atoms with E-state index in [1.54, 1.807) is 11.9 Å². The summed E-state index contributed by atoms with van der Waals surface area (Å²) >= 11 is 0. The number of rotatable bonds is 3. The van der Waals surface area contributed by atoms with Crippen LogP contribution in [0.15, 0.2) is 30.3 Å². The first-order chi connectivity index (χ1) is 9.83. The molecular weight excluding hydrogens is 278 g/mol. The Kier molecular flexibility index (Phi) is 4.46. The molecule has 2 atom stereocenters. The number of carboxylic acid groups (broad SMARTS) is 1. The predicted octanol–water partition coefficient (Wildman–Crippen LogP) is 3.07. The van der Waals surface area contributed by atoms with Gasteiger partial charge in [-0.15, -0.1) is 0 Å². The van der Waals surface area contributed by atoms with Gasteiger partial charge in [-0.3, -0.25) is 4.90 Å². The number of hydrogen-bond acceptors (Lipinski definition) is 2. The SMILES string of the molecule is CC(c1ccccc1)N(C)[C@@H]1CCN(C(=O)O)CC1(F)F. The van der Waals surface area contributed by atoms with Gasteiger partial charge in [0.05, 0.1) is 12.6 Å². The fourth-order valence-electron chi connectivity index (χ4n) is 2.83. The second kappa shape index (κ2) is 5.97. The van der Waals surface area contributed by atoms with Crippen molar-refractivity contribution in [1.82, 2.24) is 9.80 Å². The van der Waals surface area contributed by atoms with E-state index in [4.69, 9.17) is 5.11 Å². The monoisotopic (exact) mass is 298 g/mol. The smallest absolute Gasteiger partial charge is 0.407 e. The third-order valence-corrected chi connectivity index (χ3v) is 4.22. The molecule has 1 aromatic rings. The number of benzene rings is 1. The molecule has 1 heterocycles. The van der Waals surface area contributed by atoms with Crippen LogP contribution in [0.4, 0.5) is 13.6 Å². The van der Waals surface area contributed by atoms with Crippen molar-refractivity contribution in [3.8, 4) is 0 Å². The largest absolute Gasteiger partial charge is 0.465 e. The van der Waals surface area contributed by atoms with Gasteiger partial charge >= 0.3 is 6.09 Å². The molecule has 0 bridgehead atoms. The van der Waals surface area contributed by atoms with E-state index >= 15 is 0 Å². The van der Waals surface area contributed by atoms with Crippen LogP contribution in [0.25, 0.3) is 0 Å². The van der Waals surface area contributed by atoms with Crippen molar-refractivity contribution in [1.29, 1.82) is 0 Å². The zero-order valence-corrected chi connectivity index (χ0v) is 12.2. The van der Waals surface area contributed by atoms with Crippen molar-refractivity contribution in [3.63, 3.8) is 0 Å². The highest BCUT2D eigenvalue weighted by Gasteiger charge is 2.48. The van der Waals surface area contributed by atoms with Crippen molar-refractivity contribution in [2.24, 2.45) is 0 Å². The topological polar surface area (TPSA) is 43.8 Å². The lowest BCUT2D eigenvalue weighted by Gasteiger charge is -2.43. The van der Waals surface area contributed by atoms with E-state index < -0.39 is 24.6 Å². The fraction of sp³-hybridized carbons (Fsp3) is 0.533. The molecule has 4 nitrogen and oxygen atoms in total. The van der Waals surface area contributed by atoms with Crippen molar-refractivity contribution in [2.75, 3.05) is 20.1 Å². The summed E-state index contributed by atoms with van der Waals surface area (Å²) in [5.41, 5.74) is 0.969. The highest BCUT2D eigenvalue weighted by atomic mass is 19.3. The maximum Gasteiger partial charge on any atom is 0.407 e. The van der Waals surface area contributed by atoms with Gasteiger partial charge in [-0.25, -0.2) is 13.6 Å². The molecule has 2 rings (SSSR count). The van der Waals surface area contributed by atoms with Crippen LogP contribution in [-0.4, -0.2) is 53.1 Å². The number of hydrogen-bond donors (Lipinski definition) is 1. The Hall–Kier alpha value is -1.69. The van der Waals surface area contributed by atoms with Crippen molar-refractivity contribution >= 4 is 6.09 Å². The summed E-state index contributed by atoms with van der Waals surface area (Å²) < 4.78 is 28.5. The maximum atomic E-state index is 14.3. The summed E-state index contributed by atoms with van der Waals surface area (Å²) in [5, 5.41) is 8.86. The average Bonchev–Trinajstić information content (AvgIpc) is 2.45. The van der Waals surface area contributed by atoms with E-state index in [0.717, 1.165) is 10.5 Å². The standard InChI is InChI=1S/C15H20F2N2O2/c1-11(12-6-4-3-5-7-12)18(2)13-8-9-19(14(20)21)10-15(13,16)17/h3-7,11,13H,8-10H2,1-2H3,(H,20,21)/t11?,13-/m1/s1. The summed E-state index contributed by atoms with van der Waals surface area (Å²) in [6.45, 7) is 1.29. The number of carbonyl (C=O) groups is 1. The molecule has 1 amide bonds. The molecular formula is C15H20F2N2O2. The molecule has 1 aromatic carbocycles. The van der Waals surface area contributed by atoms with Crippen LogP contribution in [0, 0.1) is 0 Å². The molecule has 1 saturated heterocycles. The molecule has 0 radical (unpaired) electrons. The predicted molar refractivity (Wildman–Crippen MR) is 75.6 cm³/mol. The highest BCUT2D eigenvalue weighted by molar-refractivity contribution is 5.65. The Labute approximate surface area is 123 Å². The van der Waals surface area contributed by atoms with Gasteiger partial charge < -0.3 is 10.0 Å². The Bertz CT molecular complexity index is 496. The van der Waals surface area contributed by atoms with Gasteiger partial charge in [0.2, 0.25) is 0 Å². The number of nitrogens with zero attached hydrogens (tertiary/aromatic N) is 2. The van der Waals surface area contributed by atoms with Crippen molar-refractivity contribution in [2.45, 2.75) is 31.4 Å². The molecule has 1 aliphatic rings. The number of alkyl halides is 2. The van der Waals surface area contributed by atoms with Crippen LogP contribution in [-0.2, 0) is 0 Å². The molecule has 1 aliphatic heterocycles. The van der Waals surface area contributed by atoms with E-state index in [1.165, 1.54) is 0 Å². The lowest BCUT2D eigenvalue weighted by Crippen LogP contribution is -2.58. The second-order valence-electron chi connectivity index (χ2n) is 5.52. The normalized spacial score (nSPS) is 23.1. The minimum Gasteiger partial charge on any atom is -0.465 e. The molecule has 1 unspecified atom stereocenters. The van der Waals surface area contributed by atoms with Gasteiger partial charge in [0.1, 0.15) is 0 Å². The van der Waals surface area contributed by atoms with Gasteiger partial charge in [-0.05, 0) is 26.0 Å². The Morgan fingerprint density at radius 2 is 2.05 bits per heavy atom. The molecule has 0 spiro atoms. The number of halogens is 2. The third-order valence-electron chi connectivity index (χ3n) is 4.22. The number of likely N-dealkylation sites (tertiary alicyclic amines) is 1. The highest BCUT2D eigenvalue weighted by Crippen LogP contribution is 2.34. The summed E-state index contributed by atoms with van der Waals surface area (Å²) in [6.07, 6.45) is -1.15. The molecule has 1 fully saturated rings. The van der Waals surface area contributed by atoms with Gasteiger partial charge in [0.15, 0.2) is 0 Å². The summed E-state index contributed by atoms with van der Waals surface area (Å²) in [7, 11) is 1.67. The van der Waals surface area contributed by atoms with Gasteiger partial charge in [-0.2, -0.15) is 0 Å². The lowest BCUT2D eigenvalue weighted by molar-refractivity contribution is -0.123. The van der Waals surface area contributed by atoms with Gasteiger partial charge in [-0.1, -0.05) is 30.3 Å². The molecule has 1 N–H and O–H groups in total. The summed E-state index contributed by atoms with van der Waals surface area (Å²) in [6, 6.07) is 8.35. The van der Waals surface area contributed by atoms with E-state index in [9.17, 15) is 13.6 Å². The Morgan fingerprint density at radius 1 is 1.43 bits per heavy atom. The van der Waals surface area contributed by atoms with Gasteiger partial charge in [0.25, 0.3) is 5.92 Å². The zero-order valence-electron chi connectivity index (χ0n) is 12.2. The minimum atomic E-state index is -3.05. The second-order valence-corrected chi connectivity index (χ2v) is 5.52. The van der Waals surface area contributed by atoms with Crippen LogP contribution in [0.3, 0.4) is 0 Å². The summed E-state index contributed by atoms with van der Waals surface area (Å²) in [4.78, 5) is 13.3. The van der Waals surface area contributed by atoms with Crippen LogP contribution < -0.4 is 0 Å². The lowest BCUT2D eigenvalue weighted by atomic mass is 9.96. The first kappa shape index (κ1) is 15.7. The van der Waals surface area contributed by atoms with Crippen LogP contribution >= 0.6 is 0 Å². The van der Waals surface area contributed by atoms with E-state index in [-0.39, 0.29) is 19.0 Å². The fourth-order valence-corrected chi connectivity index (χ4v) is 2.83. The molecule has 21 heavy (non-hydrogen) atoms. The van der Waals surface area contributed by atoms with E-state index in [2.05, 4.69) is 0 Å². The van der Waals surface area contributed by atoms with Crippen LogP contribution in [0.5, 0.6) is 0 Å². The van der Waals surface area contributed by atoms with Crippen LogP contribution in [0.1, 0.15) is 24.9 Å². The number of piperidine rings is 1.